The number of benzene rings is 3. The number of rotatable bonds is 5. The van der Waals surface area contributed by atoms with Gasteiger partial charge in [0.2, 0.25) is 0 Å². The Hall–Kier alpha value is -3.51. The molecular formula is C24H19BrN4O. The van der Waals surface area contributed by atoms with Crippen LogP contribution in [0.4, 0.5) is 0 Å². The van der Waals surface area contributed by atoms with E-state index < -0.39 is 0 Å². The quantitative estimate of drug-likeness (QED) is 0.322. The third kappa shape index (κ3) is 4.55. The summed E-state index contributed by atoms with van der Waals surface area (Å²) in [6.45, 7) is 2.05. The molecular weight excluding hydrogens is 440 g/mol. The van der Waals surface area contributed by atoms with Crippen molar-refractivity contribution < 1.29 is 4.79 Å². The van der Waals surface area contributed by atoms with Crippen LogP contribution in [0.15, 0.2) is 94.6 Å². The number of hydrogen-bond donors (Lipinski definition) is 1. The first kappa shape index (κ1) is 19.8. The van der Waals surface area contributed by atoms with Gasteiger partial charge in [-0.25, -0.2) is 10.1 Å². The van der Waals surface area contributed by atoms with Gasteiger partial charge in [-0.05, 0) is 37.3 Å². The Bertz CT molecular complexity index is 1200. The summed E-state index contributed by atoms with van der Waals surface area (Å²) in [4.78, 5) is 12.3. The van der Waals surface area contributed by atoms with Crippen LogP contribution in [0.5, 0.6) is 0 Å². The van der Waals surface area contributed by atoms with Crippen molar-refractivity contribution in [1.82, 2.24) is 15.2 Å². The van der Waals surface area contributed by atoms with Crippen molar-refractivity contribution in [3.05, 3.63) is 106 Å². The molecule has 0 aliphatic carbocycles. The molecule has 148 valence electrons. The highest BCUT2D eigenvalue weighted by Gasteiger charge is 2.11. The minimum absolute atomic E-state index is 0.278. The molecule has 6 heteroatoms. The zero-order chi connectivity index (χ0) is 20.9. The average molecular weight is 459 g/mol. The summed E-state index contributed by atoms with van der Waals surface area (Å²) in [6, 6.07) is 25.2. The van der Waals surface area contributed by atoms with E-state index in [4.69, 9.17) is 5.10 Å². The number of nitrogens with one attached hydrogen (secondary N) is 1. The van der Waals surface area contributed by atoms with Crippen LogP contribution in [0.1, 0.15) is 21.5 Å². The first-order valence-electron chi connectivity index (χ1n) is 9.41. The first-order valence-corrected chi connectivity index (χ1v) is 10.2. The normalized spacial score (nSPS) is 11.0. The summed E-state index contributed by atoms with van der Waals surface area (Å²) in [5.41, 5.74) is 7.81. The van der Waals surface area contributed by atoms with Crippen LogP contribution in [0.25, 0.3) is 16.9 Å². The number of aromatic nitrogens is 2. The topological polar surface area (TPSA) is 59.3 Å². The Morgan fingerprint density at radius 1 is 1.03 bits per heavy atom. The van der Waals surface area contributed by atoms with Gasteiger partial charge in [0.1, 0.15) is 5.69 Å². The Labute approximate surface area is 183 Å². The summed E-state index contributed by atoms with van der Waals surface area (Å²) in [5.74, 6) is -0.278. The molecule has 0 saturated carbocycles. The average Bonchev–Trinajstić information content (AvgIpc) is 3.19. The number of aryl methyl sites for hydroxylation is 1. The van der Waals surface area contributed by atoms with E-state index in [0.717, 1.165) is 27.0 Å². The smallest absolute Gasteiger partial charge is 0.267 e. The minimum Gasteiger partial charge on any atom is -0.267 e. The molecule has 4 rings (SSSR count). The van der Waals surface area contributed by atoms with E-state index in [9.17, 15) is 4.79 Å². The van der Waals surface area contributed by atoms with Crippen LogP contribution in [0.2, 0.25) is 0 Å². The number of carbonyl (C=O) groups excluding carboxylic acids is 1. The lowest BCUT2D eigenvalue weighted by molar-refractivity contribution is 0.0955. The molecule has 0 aliphatic rings. The molecule has 0 atom stereocenters. The SMILES string of the molecule is Cc1ccc(-c2nn(-c3ccccc3)cc2/C=N/NC(=O)c2cccc(Br)c2)cc1. The van der Waals surface area contributed by atoms with Gasteiger partial charge in [0.25, 0.3) is 5.91 Å². The fourth-order valence-electron chi connectivity index (χ4n) is 2.99. The Kier molecular flexibility index (Phi) is 5.86. The van der Waals surface area contributed by atoms with Crippen LogP contribution in [-0.2, 0) is 0 Å². The predicted molar refractivity (Wildman–Crippen MR) is 123 cm³/mol. The molecule has 5 nitrogen and oxygen atoms in total. The Morgan fingerprint density at radius 2 is 1.80 bits per heavy atom. The molecule has 3 aromatic carbocycles. The predicted octanol–water partition coefficient (Wildman–Crippen LogP) is 5.37. The first-order chi connectivity index (χ1) is 14.6. The standard InChI is InChI=1S/C24H19BrN4O/c1-17-10-12-18(13-11-17)23-20(16-29(28-23)22-8-3-2-4-9-22)15-26-27-24(30)19-6-5-7-21(25)14-19/h2-16H,1H3,(H,27,30)/b26-15+. The van der Waals surface area contributed by atoms with E-state index in [1.54, 1.807) is 18.3 Å². The number of hydrogen-bond acceptors (Lipinski definition) is 3. The number of carbonyl (C=O) groups is 1. The molecule has 0 bridgehead atoms. The zero-order valence-electron chi connectivity index (χ0n) is 16.3. The number of amides is 1. The van der Waals surface area contributed by atoms with Gasteiger partial charge in [-0.3, -0.25) is 4.79 Å². The van der Waals surface area contributed by atoms with Gasteiger partial charge < -0.3 is 0 Å². The Morgan fingerprint density at radius 3 is 2.53 bits per heavy atom. The third-order valence-electron chi connectivity index (χ3n) is 4.54. The third-order valence-corrected chi connectivity index (χ3v) is 5.04. The summed E-state index contributed by atoms with van der Waals surface area (Å²) in [6.07, 6.45) is 3.52. The monoisotopic (exact) mass is 458 g/mol. The number of hydrazone groups is 1. The number of halogens is 1. The van der Waals surface area contributed by atoms with Gasteiger partial charge in [0.15, 0.2) is 0 Å². The maximum atomic E-state index is 12.3. The molecule has 1 heterocycles. The molecule has 1 aromatic heterocycles. The maximum absolute atomic E-state index is 12.3. The van der Waals surface area contributed by atoms with Crippen molar-refractivity contribution in [3.8, 4) is 16.9 Å². The van der Waals surface area contributed by atoms with E-state index >= 15 is 0 Å². The minimum atomic E-state index is -0.278. The highest BCUT2D eigenvalue weighted by Crippen LogP contribution is 2.23. The fourth-order valence-corrected chi connectivity index (χ4v) is 3.38. The summed E-state index contributed by atoms with van der Waals surface area (Å²) in [7, 11) is 0. The highest BCUT2D eigenvalue weighted by atomic mass is 79.9. The van der Waals surface area contributed by atoms with E-state index in [-0.39, 0.29) is 5.91 Å². The van der Waals surface area contributed by atoms with Crippen molar-refractivity contribution in [2.75, 3.05) is 0 Å². The van der Waals surface area contributed by atoms with Gasteiger partial charge in [-0.15, -0.1) is 0 Å². The second-order valence-corrected chi connectivity index (χ2v) is 7.70. The number of para-hydroxylation sites is 1. The molecule has 0 fully saturated rings. The van der Waals surface area contributed by atoms with Crippen molar-refractivity contribution in [3.63, 3.8) is 0 Å². The van der Waals surface area contributed by atoms with Gasteiger partial charge in [-0.1, -0.05) is 70.0 Å². The summed E-state index contributed by atoms with van der Waals surface area (Å²) < 4.78 is 2.65. The second kappa shape index (κ2) is 8.88. The lowest BCUT2D eigenvalue weighted by Crippen LogP contribution is -2.17. The molecule has 4 aromatic rings. The lowest BCUT2D eigenvalue weighted by Gasteiger charge is -2.01. The van der Waals surface area contributed by atoms with Crippen LogP contribution < -0.4 is 5.43 Å². The van der Waals surface area contributed by atoms with Crippen molar-refractivity contribution in [2.45, 2.75) is 6.92 Å². The highest BCUT2D eigenvalue weighted by molar-refractivity contribution is 9.10. The van der Waals surface area contributed by atoms with E-state index in [2.05, 4.69) is 26.5 Å². The Balaban J connectivity index is 1.64. The van der Waals surface area contributed by atoms with Gasteiger partial charge >= 0.3 is 0 Å². The van der Waals surface area contributed by atoms with Crippen LogP contribution >= 0.6 is 15.9 Å². The van der Waals surface area contributed by atoms with Crippen LogP contribution in [0, 0.1) is 6.92 Å². The fraction of sp³-hybridized carbons (Fsp3) is 0.0417. The summed E-state index contributed by atoms with van der Waals surface area (Å²) in [5, 5.41) is 8.92. The van der Waals surface area contributed by atoms with Crippen molar-refractivity contribution >= 4 is 28.1 Å². The van der Waals surface area contributed by atoms with E-state index in [1.807, 2.05) is 84.5 Å². The molecule has 0 aliphatic heterocycles. The molecule has 0 spiro atoms. The van der Waals surface area contributed by atoms with Gasteiger partial charge in [0.05, 0.1) is 11.9 Å². The van der Waals surface area contributed by atoms with Crippen molar-refractivity contribution in [1.29, 1.82) is 0 Å². The van der Waals surface area contributed by atoms with E-state index in [1.165, 1.54) is 5.56 Å². The lowest BCUT2D eigenvalue weighted by atomic mass is 10.1. The zero-order valence-corrected chi connectivity index (χ0v) is 17.9. The molecule has 0 radical (unpaired) electrons. The van der Waals surface area contributed by atoms with Gasteiger partial charge in [-0.2, -0.15) is 10.2 Å². The maximum Gasteiger partial charge on any atom is 0.271 e. The molecule has 0 saturated heterocycles. The van der Waals surface area contributed by atoms with Crippen LogP contribution in [0.3, 0.4) is 0 Å². The van der Waals surface area contributed by atoms with Gasteiger partial charge in [0, 0.05) is 27.4 Å². The largest absolute Gasteiger partial charge is 0.271 e. The van der Waals surface area contributed by atoms with E-state index in [0.29, 0.717) is 5.56 Å². The number of nitrogens with zero attached hydrogens (tertiary/aromatic N) is 3. The summed E-state index contributed by atoms with van der Waals surface area (Å²) >= 11 is 3.37. The molecule has 30 heavy (non-hydrogen) atoms. The molecule has 1 N–H and O–H groups in total. The molecule has 0 unspecified atom stereocenters. The second-order valence-electron chi connectivity index (χ2n) is 6.79. The van der Waals surface area contributed by atoms with Crippen molar-refractivity contribution in [2.24, 2.45) is 5.10 Å². The molecule has 1 amide bonds. The van der Waals surface area contributed by atoms with Crippen LogP contribution in [-0.4, -0.2) is 21.9 Å².